The highest BCUT2D eigenvalue weighted by Gasteiger charge is 2.04. The zero-order valence-electron chi connectivity index (χ0n) is 9.85. The molecule has 0 unspecified atom stereocenters. The summed E-state index contributed by atoms with van der Waals surface area (Å²) < 4.78 is 13.6. The Balaban J connectivity index is 2.67. The Morgan fingerprint density at radius 2 is 2.17 bits per heavy atom. The molecule has 0 bridgehead atoms. The van der Waals surface area contributed by atoms with Crippen molar-refractivity contribution in [2.45, 2.75) is 13.3 Å². The van der Waals surface area contributed by atoms with Gasteiger partial charge >= 0.3 is 5.97 Å². The van der Waals surface area contributed by atoms with Crippen LogP contribution in [0.15, 0.2) is 24.3 Å². The minimum Gasteiger partial charge on any atom is -0.481 e. The van der Waals surface area contributed by atoms with Gasteiger partial charge in [0.1, 0.15) is 5.82 Å². The van der Waals surface area contributed by atoms with Crippen LogP contribution in [0.3, 0.4) is 0 Å². The Kier molecular flexibility index (Phi) is 5.58. The quantitative estimate of drug-likeness (QED) is 0.892. The van der Waals surface area contributed by atoms with Gasteiger partial charge in [0.2, 0.25) is 0 Å². The molecule has 0 spiro atoms. The average Bonchev–Trinajstić information content (AvgIpc) is 2.25. The van der Waals surface area contributed by atoms with Crippen molar-refractivity contribution in [1.29, 1.82) is 0 Å². The first-order valence-corrected chi connectivity index (χ1v) is 6.27. The molecule has 0 saturated heterocycles. The number of carboxylic acid groups (broad SMARTS) is 1. The fourth-order valence-corrected chi connectivity index (χ4v) is 1.76. The highest BCUT2D eigenvalue weighted by atomic mass is 32.2. The van der Waals surface area contributed by atoms with Crippen molar-refractivity contribution in [2.24, 2.45) is 0 Å². The summed E-state index contributed by atoms with van der Waals surface area (Å²) in [6.45, 7) is 1.47. The van der Waals surface area contributed by atoms with Crippen LogP contribution in [0.5, 0.6) is 0 Å². The number of aliphatic carboxylic acids is 1. The predicted molar refractivity (Wildman–Crippen MR) is 69.9 cm³/mol. The van der Waals surface area contributed by atoms with Crippen LogP contribution in [0.2, 0.25) is 0 Å². The molecule has 0 aliphatic heterocycles. The van der Waals surface area contributed by atoms with Crippen LogP contribution >= 0.6 is 11.8 Å². The minimum atomic E-state index is -0.990. The van der Waals surface area contributed by atoms with Crippen molar-refractivity contribution in [2.75, 3.05) is 5.75 Å². The second kappa shape index (κ2) is 6.96. The van der Waals surface area contributed by atoms with Crippen LogP contribution in [0.1, 0.15) is 18.1 Å². The number of hydrogen-bond acceptors (Lipinski definition) is 3. The van der Waals surface area contributed by atoms with Crippen molar-refractivity contribution in [3.63, 3.8) is 0 Å². The second-order valence-corrected chi connectivity index (χ2v) is 4.83. The molecule has 3 nitrogen and oxygen atoms in total. The van der Waals surface area contributed by atoms with E-state index in [9.17, 15) is 14.0 Å². The molecule has 0 fully saturated rings. The Labute approximate surface area is 109 Å². The summed E-state index contributed by atoms with van der Waals surface area (Å²) in [6, 6.07) is 4.32. The largest absolute Gasteiger partial charge is 0.481 e. The number of carbonyl (C=O) groups excluding carboxylic acids is 1. The molecule has 1 N–H and O–H groups in total. The maximum absolute atomic E-state index is 13.6. The van der Waals surface area contributed by atoms with Crippen molar-refractivity contribution in [1.82, 2.24) is 0 Å². The summed E-state index contributed by atoms with van der Waals surface area (Å²) in [5.74, 6) is -0.959. The molecular formula is C13H13FO3S. The number of halogens is 1. The van der Waals surface area contributed by atoms with E-state index in [0.717, 1.165) is 11.8 Å². The molecule has 0 heterocycles. The van der Waals surface area contributed by atoms with Gasteiger partial charge in [0.05, 0.1) is 6.42 Å². The first kappa shape index (κ1) is 14.4. The summed E-state index contributed by atoms with van der Waals surface area (Å²) >= 11 is 1.14. The molecule has 1 rings (SSSR count). The van der Waals surface area contributed by atoms with E-state index in [1.807, 2.05) is 0 Å². The highest BCUT2D eigenvalue weighted by molar-refractivity contribution is 8.13. The van der Waals surface area contributed by atoms with E-state index in [1.54, 1.807) is 18.2 Å². The second-order valence-electron chi connectivity index (χ2n) is 3.63. The monoisotopic (exact) mass is 268 g/mol. The van der Waals surface area contributed by atoms with Crippen LogP contribution in [0.4, 0.5) is 4.39 Å². The standard InChI is InChI=1S/C13H13FO3S/c1-9(15)18-6-2-3-11-5-4-10(7-12(11)14)8-13(16)17/h2-5,7H,6,8H2,1H3,(H,16,17). The summed E-state index contributed by atoms with van der Waals surface area (Å²) in [6.07, 6.45) is 3.08. The molecule has 0 atom stereocenters. The van der Waals surface area contributed by atoms with Gasteiger partial charge in [0.25, 0.3) is 0 Å². The molecule has 0 radical (unpaired) electrons. The van der Waals surface area contributed by atoms with Crippen LogP contribution in [-0.4, -0.2) is 21.9 Å². The highest BCUT2D eigenvalue weighted by Crippen LogP contribution is 2.13. The van der Waals surface area contributed by atoms with Gasteiger partial charge in [-0.1, -0.05) is 36.0 Å². The van der Waals surface area contributed by atoms with Crippen LogP contribution in [-0.2, 0) is 16.0 Å². The third-order valence-corrected chi connectivity index (χ3v) is 2.87. The van der Waals surface area contributed by atoms with E-state index in [4.69, 9.17) is 5.11 Å². The van der Waals surface area contributed by atoms with Gasteiger partial charge in [-0.2, -0.15) is 0 Å². The minimum absolute atomic E-state index is 0.0110. The molecule has 0 saturated carbocycles. The summed E-state index contributed by atoms with van der Waals surface area (Å²) in [5, 5.41) is 8.59. The number of carboxylic acids is 1. The van der Waals surface area contributed by atoms with Crippen LogP contribution in [0.25, 0.3) is 6.08 Å². The van der Waals surface area contributed by atoms with E-state index in [0.29, 0.717) is 16.9 Å². The molecular weight excluding hydrogens is 255 g/mol. The third-order valence-electron chi connectivity index (χ3n) is 2.10. The number of benzene rings is 1. The van der Waals surface area contributed by atoms with E-state index in [2.05, 4.69) is 0 Å². The Bertz CT molecular complexity index is 483. The zero-order chi connectivity index (χ0) is 13.5. The number of thioether (sulfide) groups is 1. The number of rotatable bonds is 5. The topological polar surface area (TPSA) is 54.4 Å². The zero-order valence-corrected chi connectivity index (χ0v) is 10.7. The summed E-state index contributed by atoms with van der Waals surface area (Å²) in [5.41, 5.74) is 0.809. The third kappa shape index (κ3) is 5.14. The maximum atomic E-state index is 13.6. The van der Waals surface area contributed by atoms with Crippen molar-refractivity contribution >= 4 is 28.9 Å². The smallest absolute Gasteiger partial charge is 0.307 e. The fraction of sp³-hybridized carbons (Fsp3) is 0.231. The lowest BCUT2D eigenvalue weighted by molar-refractivity contribution is -0.136. The molecule has 18 heavy (non-hydrogen) atoms. The normalized spacial score (nSPS) is 10.8. The molecule has 1 aromatic rings. The van der Waals surface area contributed by atoms with Gasteiger partial charge in [0.15, 0.2) is 5.12 Å². The van der Waals surface area contributed by atoms with E-state index in [-0.39, 0.29) is 11.5 Å². The van der Waals surface area contributed by atoms with Gasteiger partial charge in [-0.25, -0.2) is 4.39 Å². The molecule has 0 aromatic heterocycles. The lowest BCUT2D eigenvalue weighted by Gasteiger charge is -2.00. The van der Waals surface area contributed by atoms with Gasteiger partial charge in [-0.15, -0.1) is 0 Å². The molecule has 0 amide bonds. The SMILES string of the molecule is CC(=O)SCC=Cc1ccc(CC(=O)O)cc1F. The fourth-order valence-electron chi connectivity index (χ4n) is 1.33. The summed E-state index contributed by atoms with van der Waals surface area (Å²) in [7, 11) is 0. The molecule has 0 aliphatic rings. The van der Waals surface area contributed by atoms with Gasteiger partial charge < -0.3 is 5.11 Å². The molecule has 0 aliphatic carbocycles. The Hall–Kier alpha value is -1.62. The maximum Gasteiger partial charge on any atom is 0.307 e. The van der Waals surface area contributed by atoms with E-state index >= 15 is 0 Å². The lowest BCUT2D eigenvalue weighted by Crippen LogP contribution is -2.00. The Morgan fingerprint density at radius 3 is 2.72 bits per heavy atom. The van der Waals surface area contributed by atoms with Gasteiger partial charge in [-0.05, 0) is 11.6 Å². The number of hydrogen-bond donors (Lipinski definition) is 1. The number of carbonyl (C=O) groups is 2. The van der Waals surface area contributed by atoms with Gasteiger partial charge in [-0.3, -0.25) is 9.59 Å². The van der Waals surface area contributed by atoms with Gasteiger partial charge in [0, 0.05) is 18.2 Å². The van der Waals surface area contributed by atoms with Crippen molar-refractivity contribution in [3.05, 3.63) is 41.2 Å². The predicted octanol–water partition coefficient (Wildman–Crippen LogP) is 2.75. The molecule has 1 aromatic carbocycles. The van der Waals surface area contributed by atoms with Crippen LogP contribution < -0.4 is 0 Å². The van der Waals surface area contributed by atoms with E-state index < -0.39 is 11.8 Å². The van der Waals surface area contributed by atoms with Crippen LogP contribution in [0, 0.1) is 5.82 Å². The molecule has 96 valence electrons. The molecule has 5 heteroatoms. The average molecular weight is 268 g/mol. The van der Waals surface area contributed by atoms with Crippen molar-refractivity contribution < 1.29 is 19.1 Å². The summed E-state index contributed by atoms with van der Waals surface area (Å²) in [4.78, 5) is 21.1. The van der Waals surface area contributed by atoms with E-state index in [1.165, 1.54) is 19.1 Å². The Morgan fingerprint density at radius 1 is 1.44 bits per heavy atom. The van der Waals surface area contributed by atoms with Crippen molar-refractivity contribution in [3.8, 4) is 0 Å². The first-order chi connectivity index (χ1) is 8.49. The first-order valence-electron chi connectivity index (χ1n) is 5.29. The lowest BCUT2D eigenvalue weighted by atomic mass is 10.1.